The van der Waals surface area contributed by atoms with Crippen molar-refractivity contribution < 1.29 is 23.8 Å². The van der Waals surface area contributed by atoms with Crippen LogP contribution in [0.25, 0.3) is 0 Å². The topological polar surface area (TPSA) is 57.5 Å². The zero-order chi connectivity index (χ0) is 9.30. The molecule has 12 heavy (non-hydrogen) atoms. The fourth-order valence-corrected chi connectivity index (χ4v) is 0.701. The number of benzene rings is 1. The number of aromatic carboxylic acids is 1. The number of aromatic hydroxyl groups is 1. The van der Waals surface area contributed by atoms with Crippen molar-refractivity contribution in [2.24, 2.45) is 0 Å². The summed E-state index contributed by atoms with van der Waals surface area (Å²) in [7, 11) is 0. The Morgan fingerprint density at radius 1 is 1.25 bits per heavy atom. The monoisotopic (exact) mass is 174 g/mol. The second kappa shape index (κ2) is 2.77. The van der Waals surface area contributed by atoms with Crippen molar-refractivity contribution in [3.8, 4) is 5.75 Å². The molecule has 0 aliphatic rings. The lowest BCUT2D eigenvalue weighted by Crippen LogP contribution is -2.00. The molecule has 0 amide bonds. The Labute approximate surface area is 65.9 Å². The van der Waals surface area contributed by atoms with Crippen molar-refractivity contribution in [3.63, 3.8) is 0 Å². The molecule has 64 valence electrons. The Hall–Kier alpha value is -1.65. The van der Waals surface area contributed by atoms with Crippen LogP contribution in [0.5, 0.6) is 5.75 Å². The second-order valence-corrected chi connectivity index (χ2v) is 2.09. The average Bonchev–Trinajstić information content (AvgIpc) is 1.96. The maximum atomic E-state index is 12.5. The minimum absolute atomic E-state index is 0.318. The number of carboxylic acids is 1. The van der Waals surface area contributed by atoms with Gasteiger partial charge in [0.25, 0.3) is 0 Å². The van der Waals surface area contributed by atoms with Gasteiger partial charge >= 0.3 is 5.97 Å². The highest BCUT2D eigenvalue weighted by atomic mass is 19.1. The van der Waals surface area contributed by atoms with Crippen molar-refractivity contribution in [1.82, 2.24) is 0 Å². The third kappa shape index (κ3) is 1.34. The highest BCUT2D eigenvalue weighted by molar-refractivity contribution is 5.88. The van der Waals surface area contributed by atoms with Crippen LogP contribution in [0, 0.1) is 11.6 Å². The van der Waals surface area contributed by atoms with Crippen LogP contribution in [0.2, 0.25) is 0 Å². The lowest BCUT2D eigenvalue weighted by atomic mass is 10.2. The highest BCUT2D eigenvalue weighted by Gasteiger charge is 2.14. The Morgan fingerprint density at radius 3 is 2.33 bits per heavy atom. The number of phenols is 1. The Morgan fingerprint density at radius 2 is 1.83 bits per heavy atom. The van der Waals surface area contributed by atoms with E-state index in [0.29, 0.717) is 12.1 Å². The summed E-state index contributed by atoms with van der Waals surface area (Å²) in [6, 6.07) is 0.839. The van der Waals surface area contributed by atoms with Crippen LogP contribution in [-0.4, -0.2) is 16.2 Å². The predicted molar refractivity (Wildman–Crippen MR) is 35.0 cm³/mol. The Bertz CT molecular complexity index is 336. The molecular formula is C7H4F2O3. The van der Waals surface area contributed by atoms with Gasteiger partial charge in [0.15, 0.2) is 11.6 Å². The van der Waals surface area contributed by atoms with Gasteiger partial charge in [-0.2, -0.15) is 0 Å². The van der Waals surface area contributed by atoms with Crippen molar-refractivity contribution in [2.45, 2.75) is 0 Å². The first-order valence-electron chi connectivity index (χ1n) is 2.93. The molecule has 1 rings (SSSR count). The number of carboxylic acid groups (broad SMARTS) is 1. The van der Waals surface area contributed by atoms with Gasteiger partial charge < -0.3 is 10.2 Å². The molecule has 0 atom stereocenters. The zero-order valence-corrected chi connectivity index (χ0v) is 5.71. The molecule has 0 unspecified atom stereocenters. The number of phenolic OH excluding ortho intramolecular Hbond substituents is 1. The standard InChI is InChI=1S/C7H4F2O3/c8-4-2-5(9)6(10)1-3(4)7(11)12/h1-2,10H,(H,11,12). The van der Waals surface area contributed by atoms with Crippen LogP contribution >= 0.6 is 0 Å². The van der Waals surface area contributed by atoms with Gasteiger partial charge in [-0.1, -0.05) is 0 Å². The van der Waals surface area contributed by atoms with Crippen LogP contribution in [0.15, 0.2) is 12.1 Å². The summed E-state index contributed by atoms with van der Waals surface area (Å²) in [6.45, 7) is 0. The largest absolute Gasteiger partial charge is 0.505 e. The number of carbonyl (C=O) groups is 1. The molecule has 0 saturated carbocycles. The molecule has 0 radical (unpaired) electrons. The molecule has 1 aromatic carbocycles. The molecule has 0 aliphatic heterocycles. The van der Waals surface area contributed by atoms with E-state index in [1.807, 2.05) is 0 Å². The van der Waals surface area contributed by atoms with Gasteiger partial charge in [0.05, 0.1) is 5.56 Å². The molecule has 0 aliphatic carbocycles. The summed E-state index contributed by atoms with van der Waals surface area (Å²) >= 11 is 0. The minimum Gasteiger partial charge on any atom is -0.505 e. The maximum Gasteiger partial charge on any atom is 0.338 e. The Kier molecular flexibility index (Phi) is 1.95. The fourth-order valence-electron chi connectivity index (χ4n) is 0.701. The van der Waals surface area contributed by atoms with Gasteiger partial charge in [0.1, 0.15) is 5.82 Å². The molecule has 5 heteroatoms. The summed E-state index contributed by atoms with van der Waals surface area (Å²) in [5.74, 6) is -4.83. The zero-order valence-electron chi connectivity index (χ0n) is 5.71. The maximum absolute atomic E-state index is 12.5. The first-order chi connectivity index (χ1) is 5.52. The van der Waals surface area contributed by atoms with Crippen LogP contribution in [0.1, 0.15) is 10.4 Å². The average molecular weight is 174 g/mol. The quantitative estimate of drug-likeness (QED) is 0.675. The summed E-state index contributed by atoms with van der Waals surface area (Å²) in [6.07, 6.45) is 0. The second-order valence-electron chi connectivity index (χ2n) is 2.09. The molecule has 3 nitrogen and oxygen atoms in total. The van der Waals surface area contributed by atoms with Gasteiger partial charge in [-0.15, -0.1) is 0 Å². The number of rotatable bonds is 1. The highest BCUT2D eigenvalue weighted by Crippen LogP contribution is 2.19. The molecule has 0 fully saturated rings. The molecule has 0 heterocycles. The lowest BCUT2D eigenvalue weighted by Gasteiger charge is -1.98. The summed E-state index contributed by atoms with van der Waals surface area (Å²) in [5, 5.41) is 17.0. The van der Waals surface area contributed by atoms with Crippen LogP contribution in [0.3, 0.4) is 0 Å². The van der Waals surface area contributed by atoms with E-state index in [1.54, 1.807) is 0 Å². The van der Waals surface area contributed by atoms with Gasteiger partial charge in [0.2, 0.25) is 0 Å². The first-order valence-corrected chi connectivity index (χ1v) is 2.93. The van der Waals surface area contributed by atoms with E-state index in [2.05, 4.69) is 0 Å². The number of hydrogen-bond acceptors (Lipinski definition) is 2. The van der Waals surface area contributed by atoms with Crippen molar-refractivity contribution in [1.29, 1.82) is 0 Å². The summed E-state index contributed by atoms with van der Waals surface area (Å²) < 4.78 is 24.9. The number of hydrogen-bond donors (Lipinski definition) is 2. The molecule has 2 N–H and O–H groups in total. The van der Waals surface area contributed by atoms with Gasteiger partial charge in [-0.05, 0) is 0 Å². The third-order valence-corrected chi connectivity index (χ3v) is 1.27. The van der Waals surface area contributed by atoms with E-state index >= 15 is 0 Å². The van der Waals surface area contributed by atoms with E-state index in [0.717, 1.165) is 0 Å². The van der Waals surface area contributed by atoms with Crippen molar-refractivity contribution in [2.75, 3.05) is 0 Å². The van der Waals surface area contributed by atoms with Gasteiger partial charge in [0, 0.05) is 12.1 Å². The molecule has 0 spiro atoms. The Balaban J connectivity index is 3.33. The molecule has 0 saturated heterocycles. The first kappa shape index (κ1) is 8.45. The van der Waals surface area contributed by atoms with Gasteiger partial charge in [-0.3, -0.25) is 0 Å². The fraction of sp³-hybridized carbons (Fsp3) is 0. The van der Waals surface area contributed by atoms with Crippen LogP contribution < -0.4 is 0 Å². The van der Waals surface area contributed by atoms with E-state index in [1.165, 1.54) is 0 Å². The minimum atomic E-state index is -1.55. The van der Waals surface area contributed by atoms with Crippen molar-refractivity contribution in [3.05, 3.63) is 29.3 Å². The molecule has 0 aromatic heterocycles. The van der Waals surface area contributed by atoms with Crippen LogP contribution in [0.4, 0.5) is 8.78 Å². The predicted octanol–water partition coefficient (Wildman–Crippen LogP) is 1.37. The van der Waals surface area contributed by atoms with E-state index in [-0.39, 0.29) is 0 Å². The summed E-state index contributed by atoms with van der Waals surface area (Å²) in [4.78, 5) is 10.2. The molecule has 1 aromatic rings. The van der Waals surface area contributed by atoms with Crippen LogP contribution in [-0.2, 0) is 0 Å². The molecule has 0 bridgehead atoms. The van der Waals surface area contributed by atoms with E-state index in [4.69, 9.17) is 10.2 Å². The van der Waals surface area contributed by atoms with Crippen molar-refractivity contribution >= 4 is 5.97 Å². The smallest absolute Gasteiger partial charge is 0.338 e. The lowest BCUT2D eigenvalue weighted by molar-refractivity contribution is 0.0691. The normalized spacial score (nSPS) is 9.83. The van der Waals surface area contributed by atoms with E-state index in [9.17, 15) is 13.6 Å². The number of halogens is 2. The molecular weight excluding hydrogens is 170 g/mol. The van der Waals surface area contributed by atoms with E-state index < -0.39 is 28.9 Å². The SMILES string of the molecule is O=C(O)c1cc(O)c(F)cc1F. The van der Waals surface area contributed by atoms with Gasteiger partial charge in [-0.25, -0.2) is 13.6 Å². The third-order valence-electron chi connectivity index (χ3n) is 1.27. The summed E-state index contributed by atoms with van der Waals surface area (Å²) in [5.41, 5.74) is -0.756.